The fourth-order valence-corrected chi connectivity index (χ4v) is 3.89. The number of rotatable bonds is 4. The van der Waals surface area contributed by atoms with Gasteiger partial charge in [0.05, 0.1) is 11.4 Å². The van der Waals surface area contributed by atoms with Gasteiger partial charge in [0.2, 0.25) is 0 Å². The van der Waals surface area contributed by atoms with Crippen molar-refractivity contribution in [3.63, 3.8) is 0 Å². The maximum absolute atomic E-state index is 12.5. The third-order valence-electron chi connectivity index (χ3n) is 4.29. The zero-order valence-corrected chi connectivity index (χ0v) is 14.7. The Labute approximate surface area is 149 Å². The molecule has 7 nitrogen and oxygen atoms in total. The number of carbonyl (C=O) groups is 1. The van der Waals surface area contributed by atoms with Crippen LogP contribution in [0.5, 0.6) is 0 Å². The number of likely N-dealkylation sites (N-methyl/N-ethyl adjacent to an activating group) is 1. The first-order chi connectivity index (χ1) is 12.2. The summed E-state index contributed by atoms with van der Waals surface area (Å²) < 4.78 is 1.65. The number of nitrogens with one attached hydrogen (secondary N) is 1. The molecule has 1 aliphatic heterocycles. The molecule has 1 aliphatic rings. The van der Waals surface area contributed by atoms with Gasteiger partial charge < -0.3 is 0 Å². The summed E-state index contributed by atoms with van der Waals surface area (Å²) in [6.07, 6.45) is 4.04. The Morgan fingerprint density at radius 1 is 1.32 bits per heavy atom. The van der Waals surface area contributed by atoms with E-state index in [4.69, 9.17) is 0 Å². The Morgan fingerprint density at radius 3 is 2.88 bits per heavy atom. The summed E-state index contributed by atoms with van der Waals surface area (Å²) in [7, 11) is 0. The second-order valence-corrected chi connectivity index (χ2v) is 6.93. The highest BCUT2D eigenvalue weighted by Gasteiger charge is 2.20. The van der Waals surface area contributed by atoms with Crippen LogP contribution in [0.4, 0.5) is 5.13 Å². The molecule has 4 rings (SSSR count). The van der Waals surface area contributed by atoms with Gasteiger partial charge in [-0.2, -0.15) is 5.10 Å². The number of anilines is 1. The van der Waals surface area contributed by atoms with E-state index in [0.29, 0.717) is 10.7 Å². The molecule has 1 amide bonds. The van der Waals surface area contributed by atoms with Crippen LogP contribution in [0.15, 0.2) is 36.9 Å². The molecule has 0 saturated heterocycles. The van der Waals surface area contributed by atoms with Crippen LogP contribution < -0.4 is 5.32 Å². The van der Waals surface area contributed by atoms with Gasteiger partial charge >= 0.3 is 0 Å². The van der Waals surface area contributed by atoms with Gasteiger partial charge in [-0.25, -0.2) is 14.6 Å². The standard InChI is InChI=1S/C17H18N6OS/c1-2-22-8-7-14-15(9-22)25-17(20-14)21-16(24)12-3-5-13(6-4-12)23-11-18-10-19-23/h3-6,10-11H,2,7-9H2,1H3,(H,20,21,24). The molecule has 3 heterocycles. The van der Waals surface area contributed by atoms with Crippen molar-refractivity contribution in [3.8, 4) is 5.69 Å². The fourth-order valence-electron chi connectivity index (χ4n) is 2.85. The number of carbonyl (C=O) groups excluding carboxylic acids is 1. The quantitative estimate of drug-likeness (QED) is 0.778. The van der Waals surface area contributed by atoms with Gasteiger partial charge in [-0.1, -0.05) is 6.92 Å². The van der Waals surface area contributed by atoms with E-state index in [0.717, 1.165) is 37.4 Å². The second-order valence-electron chi connectivity index (χ2n) is 5.85. The predicted molar refractivity (Wildman–Crippen MR) is 96.1 cm³/mol. The topological polar surface area (TPSA) is 75.9 Å². The van der Waals surface area contributed by atoms with Gasteiger partial charge in [-0.3, -0.25) is 15.0 Å². The van der Waals surface area contributed by atoms with Crippen LogP contribution in [-0.4, -0.2) is 43.6 Å². The molecule has 0 saturated carbocycles. The van der Waals surface area contributed by atoms with E-state index in [1.807, 2.05) is 12.1 Å². The van der Waals surface area contributed by atoms with E-state index in [-0.39, 0.29) is 5.91 Å². The molecule has 0 fully saturated rings. The first-order valence-electron chi connectivity index (χ1n) is 8.20. The molecule has 128 valence electrons. The zero-order chi connectivity index (χ0) is 17.2. The minimum atomic E-state index is -0.149. The Bertz CT molecular complexity index is 871. The van der Waals surface area contributed by atoms with Gasteiger partial charge in [0.1, 0.15) is 12.7 Å². The molecule has 0 spiro atoms. The van der Waals surface area contributed by atoms with Gasteiger partial charge in [0.25, 0.3) is 5.91 Å². The lowest BCUT2D eigenvalue weighted by Gasteiger charge is -2.23. The maximum atomic E-state index is 12.5. The first kappa shape index (κ1) is 15.9. The summed E-state index contributed by atoms with van der Waals surface area (Å²) in [5.41, 5.74) is 2.57. The summed E-state index contributed by atoms with van der Waals surface area (Å²) in [6.45, 7) is 5.16. The highest BCUT2D eigenvalue weighted by molar-refractivity contribution is 7.15. The fraction of sp³-hybridized carbons (Fsp3) is 0.294. The molecule has 0 aliphatic carbocycles. The lowest BCUT2D eigenvalue weighted by molar-refractivity contribution is 0.102. The Kier molecular flexibility index (Phi) is 4.29. The molecule has 0 bridgehead atoms. The molecule has 0 radical (unpaired) electrons. The van der Waals surface area contributed by atoms with Crippen molar-refractivity contribution >= 4 is 22.4 Å². The summed E-state index contributed by atoms with van der Waals surface area (Å²) in [5, 5.41) is 7.66. The molecular formula is C17H18N6OS. The van der Waals surface area contributed by atoms with E-state index in [9.17, 15) is 4.79 Å². The number of aromatic nitrogens is 4. The van der Waals surface area contributed by atoms with Crippen LogP contribution in [0.3, 0.4) is 0 Å². The van der Waals surface area contributed by atoms with E-state index in [1.54, 1.807) is 34.5 Å². The summed E-state index contributed by atoms with van der Waals surface area (Å²) >= 11 is 1.57. The van der Waals surface area contributed by atoms with Crippen LogP contribution in [0, 0.1) is 0 Å². The van der Waals surface area contributed by atoms with Crippen molar-refractivity contribution in [2.24, 2.45) is 0 Å². The SMILES string of the molecule is CCN1CCc2nc(NC(=O)c3ccc(-n4cncn4)cc3)sc2C1. The van der Waals surface area contributed by atoms with Crippen molar-refractivity contribution < 1.29 is 4.79 Å². The van der Waals surface area contributed by atoms with E-state index in [1.165, 1.54) is 11.2 Å². The number of fused-ring (bicyclic) bond motifs is 1. The molecule has 25 heavy (non-hydrogen) atoms. The van der Waals surface area contributed by atoms with Crippen molar-refractivity contribution in [1.29, 1.82) is 0 Å². The molecule has 0 atom stereocenters. The number of amides is 1. The molecule has 1 aromatic carbocycles. The van der Waals surface area contributed by atoms with Crippen molar-refractivity contribution in [2.75, 3.05) is 18.4 Å². The molecule has 3 aromatic rings. The highest BCUT2D eigenvalue weighted by Crippen LogP contribution is 2.28. The average Bonchev–Trinajstić information content (AvgIpc) is 3.30. The molecule has 8 heteroatoms. The third kappa shape index (κ3) is 3.31. The summed E-state index contributed by atoms with van der Waals surface area (Å²) in [6, 6.07) is 7.24. The Balaban J connectivity index is 1.46. The minimum Gasteiger partial charge on any atom is -0.298 e. The summed E-state index contributed by atoms with van der Waals surface area (Å²) in [4.78, 5) is 24.6. The van der Waals surface area contributed by atoms with Gasteiger partial charge in [0.15, 0.2) is 5.13 Å². The second kappa shape index (κ2) is 6.73. The summed E-state index contributed by atoms with van der Waals surface area (Å²) in [5.74, 6) is -0.149. The normalized spacial score (nSPS) is 14.3. The van der Waals surface area contributed by atoms with Gasteiger partial charge in [-0.05, 0) is 30.8 Å². The first-order valence-corrected chi connectivity index (χ1v) is 9.02. The number of hydrogen-bond donors (Lipinski definition) is 1. The number of nitrogens with zero attached hydrogens (tertiary/aromatic N) is 5. The molecule has 1 N–H and O–H groups in total. The van der Waals surface area contributed by atoms with Crippen molar-refractivity contribution in [1.82, 2.24) is 24.6 Å². The van der Waals surface area contributed by atoms with Crippen LogP contribution >= 0.6 is 11.3 Å². The number of benzene rings is 1. The number of thiazole rings is 1. The zero-order valence-electron chi connectivity index (χ0n) is 13.8. The Hall–Kier alpha value is -2.58. The Morgan fingerprint density at radius 2 is 2.16 bits per heavy atom. The van der Waals surface area contributed by atoms with Crippen LogP contribution in [0.2, 0.25) is 0 Å². The van der Waals surface area contributed by atoms with Crippen LogP contribution in [0.25, 0.3) is 5.69 Å². The third-order valence-corrected chi connectivity index (χ3v) is 5.29. The lowest BCUT2D eigenvalue weighted by atomic mass is 10.2. The highest BCUT2D eigenvalue weighted by atomic mass is 32.1. The predicted octanol–water partition coefficient (Wildman–Crippen LogP) is 2.35. The minimum absolute atomic E-state index is 0.149. The van der Waals surface area contributed by atoms with E-state index >= 15 is 0 Å². The molecule has 0 unspecified atom stereocenters. The van der Waals surface area contributed by atoms with Crippen molar-refractivity contribution in [2.45, 2.75) is 19.9 Å². The molecular weight excluding hydrogens is 336 g/mol. The largest absolute Gasteiger partial charge is 0.298 e. The average molecular weight is 354 g/mol. The van der Waals surface area contributed by atoms with E-state index in [2.05, 4.69) is 32.2 Å². The van der Waals surface area contributed by atoms with E-state index < -0.39 is 0 Å². The van der Waals surface area contributed by atoms with Crippen LogP contribution in [0.1, 0.15) is 27.9 Å². The van der Waals surface area contributed by atoms with Gasteiger partial charge in [0, 0.05) is 30.0 Å². The maximum Gasteiger partial charge on any atom is 0.257 e. The lowest BCUT2D eigenvalue weighted by Crippen LogP contribution is -2.29. The smallest absolute Gasteiger partial charge is 0.257 e. The van der Waals surface area contributed by atoms with Crippen LogP contribution in [-0.2, 0) is 13.0 Å². The monoisotopic (exact) mass is 354 g/mol. The number of hydrogen-bond acceptors (Lipinski definition) is 6. The van der Waals surface area contributed by atoms with Crippen molar-refractivity contribution in [3.05, 3.63) is 53.1 Å². The van der Waals surface area contributed by atoms with Gasteiger partial charge in [-0.15, -0.1) is 11.3 Å². The molecule has 2 aromatic heterocycles.